The fraction of sp³-hybridized carbons (Fsp3) is 0.217. The molecule has 4 rings (SSSR count). The van der Waals surface area contributed by atoms with Gasteiger partial charge in [0.25, 0.3) is 5.91 Å². The average molecular weight is 471 g/mol. The molecule has 2 aromatic carbocycles. The quantitative estimate of drug-likeness (QED) is 0.296. The maximum Gasteiger partial charge on any atom is 0.260 e. The highest BCUT2D eigenvalue weighted by atomic mass is 32.2. The number of hydrogen-bond acceptors (Lipinski definition) is 7. The van der Waals surface area contributed by atoms with Crippen LogP contribution in [0.15, 0.2) is 58.8 Å². The van der Waals surface area contributed by atoms with E-state index in [9.17, 15) is 4.79 Å². The minimum Gasteiger partial charge on any atom is -0.493 e. The van der Waals surface area contributed by atoms with Gasteiger partial charge in [0.1, 0.15) is 0 Å². The molecule has 0 unspecified atom stereocenters. The van der Waals surface area contributed by atoms with Crippen molar-refractivity contribution in [3.8, 4) is 11.5 Å². The van der Waals surface area contributed by atoms with E-state index in [2.05, 4.69) is 29.8 Å². The first-order valence-electron chi connectivity index (χ1n) is 9.63. The summed E-state index contributed by atoms with van der Waals surface area (Å²) in [6, 6.07) is 15.6. The summed E-state index contributed by atoms with van der Waals surface area (Å²) < 4.78 is 11.8. The Morgan fingerprint density at radius 2 is 1.94 bits per heavy atom. The third-order valence-corrected chi connectivity index (χ3v) is 7.56. The minimum absolute atomic E-state index is 0.110. The topological polar surface area (TPSA) is 51.7 Å². The lowest BCUT2D eigenvalue weighted by Gasteiger charge is -2.20. The number of amides is 1. The van der Waals surface area contributed by atoms with Gasteiger partial charge in [0.15, 0.2) is 16.6 Å². The molecule has 31 heavy (non-hydrogen) atoms. The van der Waals surface area contributed by atoms with E-state index < -0.39 is 0 Å². The number of methoxy groups -OCH3 is 2. The Hall–Kier alpha value is -2.55. The van der Waals surface area contributed by atoms with Crippen LogP contribution < -0.4 is 14.4 Å². The van der Waals surface area contributed by atoms with Crippen LogP contribution in [0.25, 0.3) is 10.2 Å². The van der Waals surface area contributed by atoms with Crippen molar-refractivity contribution in [2.24, 2.45) is 0 Å². The van der Waals surface area contributed by atoms with Gasteiger partial charge >= 0.3 is 0 Å². The number of fused-ring (bicyclic) bond motifs is 1. The molecule has 0 aliphatic rings. The number of thiazole rings is 1. The summed E-state index contributed by atoms with van der Waals surface area (Å²) >= 11 is 4.93. The minimum atomic E-state index is -0.110. The summed E-state index contributed by atoms with van der Waals surface area (Å²) in [5, 5.41) is 2.75. The molecule has 160 valence electrons. The highest BCUT2D eigenvalue weighted by Crippen LogP contribution is 2.34. The normalized spacial score (nSPS) is 10.9. The molecule has 0 spiro atoms. The van der Waals surface area contributed by atoms with E-state index in [4.69, 9.17) is 14.5 Å². The molecular formula is C23H22N2O3S3. The van der Waals surface area contributed by atoms with Gasteiger partial charge in [-0.2, -0.15) is 0 Å². The predicted molar refractivity (Wildman–Crippen MR) is 131 cm³/mol. The van der Waals surface area contributed by atoms with Gasteiger partial charge in [-0.05, 0) is 60.5 Å². The molecule has 0 fully saturated rings. The van der Waals surface area contributed by atoms with E-state index in [1.807, 2.05) is 12.1 Å². The summed E-state index contributed by atoms with van der Waals surface area (Å²) in [4.78, 5) is 22.5. The lowest BCUT2D eigenvalue weighted by molar-refractivity contribution is 0.0987. The molecule has 2 heterocycles. The van der Waals surface area contributed by atoms with Crippen LogP contribution in [0.5, 0.6) is 11.5 Å². The Labute approximate surface area is 193 Å². The second kappa shape index (κ2) is 9.72. The molecule has 5 nitrogen and oxygen atoms in total. The summed E-state index contributed by atoms with van der Waals surface area (Å²) in [7, 11) is 3.15. The maximum atomic E-state index is 13.6. The molecule has 0 saturated carbocycles. The lowest BCUT2D eigenvalue weighted by Crippen LogP contribution is -2.32. The lowest BCUT2D eigenvalue weighted by atomic mass is 10.1. The summed E-state index contributed by atoms with van der Waals surface area (Å²) in [5.41, 5.74) is 1.44. The molecule has 0 aliphatic heterocycles. The third-order valence-electron chi connectivity index (χ3n) is 4.85. The van der Waals surface area contributed by atoms with Crippen LogP contribution in [-0.4, -0.2) is 37.9 Å². The molecule has 0 saturated heterocycles. The fourth-order valence-corrected chi connectivity index (χ4v) is 5.46. The Morgan fingerprint density at radius 3 is 2.65 bits per heavy atom. The molecule has 0 N–H and O–H groups in total. The molecule has 8 heteroatoms. The first-order valence-corrected chi connectivity index (χ1v) is 12.6. The summed E-state index contributed by atoms with van der Waals surface area (Å²) in [5.74, 6) is 1.01. The van der Waals surface area contributed by atoms with Crippen molar-refractivity contribution in [2.45, 2.75) is 11.3 Å². The predicted octanol–water partition coefficient (Wildman–Crippen LogP) is 5.99. The number of anilines is 1. The van der Waals surface area contributed by atoms with E-state index in [1.54, 1.807) is 71.8 Å². The van der Waals surface area contributed by atoms with Crippen molar-refractivity contribution in [1.29, 1.82) is 0 Å². The number of thiophene rings is 1. The Kier molecular flexibility index (Phi) is 6.80. The van der Waals surface area contributed by atoms with Crippen LogP contribution in [-0.2, 0) is 6.42 Å². The number of carbonyl (C=O) groups is 1. The molecule has 0 bridgehead atoms. The van der Waals surface area contributed by atoms with E-state index in [0.717, 1.165) is 16.6 Å². The largest absolute Gasteiger partial charge is 0.493 e. The van der Waals surface area contributed by atoms with Crippen molar-refractivity contribution in [3.05, 3.63) is 64.4 Å². The number of aromatic nitrogens is 1. The SMILES string of the molecule is COc1ccc(C(=O)N(CCc2cccs2)c2nc3ccc(SC)cc3s2)cc1OC. The van der Waals surface area contributed by atoms with Gasteiger partial charge in [-0.1, -0.05) is 17.4 Å². The van der Waals surface area contributed by atoms with E-state index >= 15 is 0 Å². The molecule has 2 aromatic heterocycles. The highest BCUT2D eigenvalue weighted by Gasteiger charge is 2.23. The number of hydrogen-bond donors (Lipinski definition) is 0. The number of ether oxygens (including phenoxy) is 2. The van der Waals surface area contributed by atoms with Crippen LogP contribution >= 0.6 is 34.4 Å². The number of thioether (sulfide) groups is 1. The monoisotopic (exact) mass is 470 g/mol. The van der Waals surface area contributed by atoms with E-state index in [1.165, 1.54) is 9.77 Å². The van der Waals surface area contributed by atoms with Crippen LogP contribution in [0.4, 0.5) is 5.13 Å². The smallest absolute Gasteiger partial charge is 0.260 e. The van der Waals surface area contributed by atoms with Crippen molar-refractivity contribution >= 4 is 55.7 Å². The zero-order valence-electron chi connectivity index (χ0n) is 17.5. The molecule has 0 aliphatic carbocycles. The Bertz CT molecular complexity index is 1190. The van der Waals surface area contributed by atoms with Gasteiger partial charge in [-0.25, -0.2) is 4.98 Å². The first kappa shape index (κ1) is 21.7. The molecule has 4 aromatic rings. The van der Waals surface area contributed by atoms with Gasteiger partial charge in [0.2, 0.25) is 0 Å². The Balaban J connectivity index is 1.70. The van der Waals surface area contributed by atoms with Gasteiger partial charge in [-0.15, -0.1) is 23.1 Å². The summed E-state index contributed by atoms with van der Waals surface area (Å²) in [6.45, 7) is 0.545. The number of carbonyl (C=O) groups excluding carboxylic acids is 1. The van der Waals surface area contributed by atoms with Crippen LogP contribution in [0, 0.1) is 0 Å². The van der Waals surface area contributed by atoms with Crippen molar-refractivity contribution in [1.82, 2.24) is 4.98 Å². The zero-order chi connectivity index (χ0) is 21.8. The molecule has 0 radical (unpaired) electrons. The highest BCUT2D eigenvalue weighted by molar-refractivity contribution is 7.98. The van der Waals surface area contributed by atoms with Crippen molar-refractivity contribution in [2.75, 3.05) is 31.9 Å². The van der Waals surface area contributed by atoms with E-state index in [0.29, 0.717) is 28.7 Å². The van der Waals surface area contributed by atoms with Crippen LogP contribution in [0.3, 0.4) is 0 Å². The van der Waals surface area contributed by atoms with Gasteiger partial charge in [0.05, 0.1) is 24.4 Å². The molecule has 0 atom stereocenters. The maximum absolute atomic E-state index is 13.6. The fourth-order valence-electron chi connectivity index (χ4n) is 3.22. The second-order valence-electron chi connectivity index (χ2n) is 6.69. The van der Waals surface area contributed by atoms with Crippen molar-refractivity contribution < 1.29 is 14.3 Å². The van der Waals surface area contributed by atoms with Crippen molar-refractivity contribution in [3.63, 3.8) is 0 Å². The van der Waals surface area contributed by atoms with Gasteiger partial charge in [0, 0.05) is 21.9 Å². The third kappa shape index (κ3) is 4.71. The number of nitrogens with zero attached hydrogens (tertiary/aromatic N) is 2. The van der Waals surface area contributed by atoms with Gasteiger partial charge < -0.3 is 9.47 Å². The zero-order valence-corrected chi connectivity index (χ0v) is 19.9. The summed E-state index contributed by atoms with van der Waals surface area (Å²) in [6.07, 6.45) is 2.82. The first-order chi connectivity index (χ1) is 15.1. The Morgan fingerprint density at radius 1 is 1.10 bits per heavy atom. The van der Waals surface area contributed by atoms with Crippen LogP contribution in [0.2, 0.25) is 0 Å². The van der Waals surface area contributed by atoms with Crippen LogP contribution in [0.1, 0.15) is 15.2 Å². The standard InChI is InChI=1S/C23H22N2O3S3/c1-27-19-9-6-15(13-20(19)28-2)22(26)25(11-10-16-5-4-12-30-16)23-24-18-8-7-17(29-3)14-21(18)31-23/h4-9,12-14H,10-11H2,1-3H3. The van der Waals surface area contributed by atoms with E-state index in [-0.39, 0.29) is 5.91 Å². The number of rotatable bonds is 8. The molecular weight excluding hydrogens is 448 g/mol. The van der Waals surface area contributed by atoms with Gasteiger partial charge in [-0.3, -0.25) is 9.69 Å². The number of benzene rings is 2. The average Bonchev–Trinajstić information content (AvgIpc) is 3.47. The second-order valence-corrected chi connectivity index (χ2v) is 9.61. The molecule has 1 amide bonds.